The molecule has 0 aromatic heterocycles. The predicted molar refractivity (Wildman–Crippen MR) is 62.5 cm³/mol. The third-order valence-corrected chi connectivity index (χ3v) is 1.83. The van der Waals surface area contributed by atoms with Crippen molar-refractivity contribution in [1.29, 1.82) is 0 Å². The zero-order chi connectivity index (χ0) is 11.3. The molecule has 1 aromatic rings. The molecule has 0 unspecified atom stereocenters. The number of hydrogen-bond acceptors (Lipinski definition) is 1. The lowest BCUT2D eigenvalue weighted by Gasteiger charge is -2.11. The van der Waals surface area contributed by atoms with Gasteiger partial charge < -0.3 is 5.32 Å². The summed E-state index contributed by atoms with van der Waals surface area (Å²) in [7, 11) is 0. The van der Waals surface area contributed by atoms with Crippen molar-refractivity contribution in [3.05, 3.63) is 48.2 Å². The molecular weight excluding hydrogens is 186 g/mol. The maximum Gasteiger partial charge on any atom is 0.255 e. The van der Waals surface area contributed by atoms with Crippen molar-refractivity contribution in [2.75, 3.05) is 0 Å². The number of rotatable bonds is 2. The summed E-state index contributed by atoms with van der Waals surface area (Å²) in [6.07, 6.45) is 3.67. The third kappa shape index (κ3) is 4.45. The normalized spacial score (nSPS) is 11.7. The van der Waals surface area contributed by atoms with Gasteiger partial charge in [-0.2, -0.15) is 0 Å². The summed E-state index contributed by atoms with van der Waals surface area (Å²) < 4.78 is 0. The number of amides is 1. The minimum atomic E-state index is -0.0731. The molecule has 80 valence electrons. The summed E-state index contributed by atoms with van der Waals surface area (Å²) >= 11 is 0. The smallest absolute Gasteiger partial charge is 0.255 e. The second-order valence-electron chi connectivity index (χ2n) is 4.54. The Morgan fingerprint density at radius 1 is 1.20 bits per heavy atom. The second-order valence-corrected chi connectivity index (χ2v) is 4.54. The molecule has 1 amide bonds. The van der Waals surface area contributed by atoms with Crippen LogP contribution in [0.2, 0.25) is 0 Å². The summed E-state index contributed by atoms with van der Waals surface area (Å²) in [5.74, 6) is -0.0731. The largest absolute Gasteiger partial charge is 0.329 e. The summed E-state index contributed by atoms with van der Waals surface area (Å²) in [5, 5.41) is 2.74. The first-order valence-corrected chi connectivity index (χ1v) is 5.03. The topological polar surface area (TPSA) is 29.1 Å². The van der Waals surface area contributed by atoms with Gasteiger partial charge in [-0.05, 0) is 17.5 Å². The highest BCUT2D eigenvalue weighted by molar-refractivity contribution is 5.94. The molecule has 0 aliphatic carbocycles. The second kappa shape index (κ2) is 4.78. The van der Waals surface area contributed by atoms with Crippen LogP contribution in [0.1, 0.15) is 31.1 Å². The number of allylic oxidation sites excluding steroid dienone is 1. The fourth-order valence-corrected chi connectivity index (χ4v) is 1.04. The summed E-state index contributed by atoms with van der Waals surface area (Å²) in [4.78, 5) is 11.6. The lowest BCUT2D eigenvalue weighted by Crippen LogP contribution is -2.17. The third-order valence-electron chi connectivity index (χ3n) is 1.83. The average Bonchev–Trinajstić information content (AvgIpc) is 2.17. The summed E-state index contributed by atoms with van der Waals surface area (Å²) in [6.45, 7) is 6.24. The minimum Gasteiger partial charge on any atom is -0.329 e. The molecule has 1 aromatic carbocycles. The van der Waals surface area contributed by atoms with Crippen molar-refractivity contribution in [3.63, 3.8) is 0 Å². The van der Waals surface area contributed by atoms with E-state index in [1.165, 1.54) is 0 Å². The quantitative estimate of drug-likeness (QED) is 0.786. The van der Waals surface area contributed by atoms with Gasteiger partial charge in [0, 0.05) is 11.8 Å². The molecule has 0 aliphatic heterocycles. The zero-order valence-corrected chi connectivity index (χ0v) is 9.45. The van der Waals surface area contributed by atoms with Crippen LogP contribution in [-0.2, 0) is 0 Å². The van der Waals surface area contributed by atoms with Crippen molar-refractivity contribution in [1.82, 2.24) is 5.32 Å². The van der Waals surface area contributed by atoms with Crippen LogP contribution in [0.5, 0.6) is 0 Å². The molecule has 0 saturated heterocycles. The van der Waals surface area contributed by atoms with Crippen LogP contribution in [0.25, 0.3) is 0 Å². The van der Waals surface area contributed by atoms with Gasteiger partial charge in [0.25, 0.3) is 5.91 Å². The molecule has 0 aliphatic rings. The predicted octanol–water partition coefficient (Wildman–Crippen LogP) is 2.98. The van der Waals surface area contributed by atoms with Crippen LogP contribution in [0.3, 0.4) is 0 Å². The van der Waals surface area contributed by atoms with Crippen LogP contribution in [0.15, 0.2) is 42.6 Å². The van der Waals surface area contributed by atoms with Crippen LogP contribution in [-0.4, -0.2) is 5.91 Å². The first kappa shape index (κ1) is 11.5. The van der Waals surface area contributed by atoms with E-state index in [1.54, 1.807) is 18.3 Å². The molecule has 0 bridgehead atoms. The highest BCUT2D eigenvalue weighted by atomic mass is 16.1. The van der Waals surface area contributed by atoms with Crippen LogP contribution in [0, 0.1) is 5.41 Å². The van der Waals surface area contributed by atoms with Gasteiger partial charge in [-0.15, -0.1) is 0 Å². The molecular formula is C13H17NO. The Hall–Kier alpha value is -1.57. The van der Waals surface area contributed by atoms with E-state index in [4.69, 9.17) is 0 Å². The fraction of sp³-hybridized carbons (Fsp3) is 0.308. The van der Waals surface area contributed by atoms with Gasteiger partial charge in [0.1, 0.15) is 0 Å². The minimum absolute atomic E-state index is 0.0731. The van der Waals surface area contributed by atoms with Gasteiger partial charge in [0.15, 0.2) is 0 Å². The summed E-state index contributed by atoms with van der Waals surface area (Å²) in [6, 6.07) is 9.17. The molecule has 0 atom stereocenters. The molecule has 2 nitrogen and oxygen atoms in total. The van der Waals surface area contributed by atoms with E-state index in [0.717, 1.165) is 0 Å². The molecule has 0 radical (unpaired) electrons. The molecule has 0 saturated carbocycles. The molecule has 0 fully saturated rings. The number of hydrogen-bond donors (Lipinski definition) is 1. The standard InChI is InChI=1S/C13H17NO/c1-13(2,3)9-10-14-12(15)11-7-5-4-6-8-11/h4-10H,1-3H3,(H,14,15). The van der Waals surface area contributed by atoms with Crippen LogP contribution < -0.4 is 5.32 Å². The number of nitrogens with one attached hydrogen (secondary N) is 1. The number of carbonyl (C=O) groups excluding carboxylic acids is 1. The van der Waals surface area contributed by atoms with Crippen molar-refractivity contribution in [2.45, 2.75) is 20.8 Å². The van der Waals surface area contributed by atoms with Crippen molar-refractivity contribution < 1.29 is 4.79 Å². The number of carbonyl (C=O) groups is 1. The highest BCUT2D eigenvalue weighted by Crippen LogP contribution is 2.13. The number of benzene rings is 1. The van der Waals surface area contributed by atoms with Gasteiger partial charge in [0.2, 0.25) is 0 Å². The molecule has 0 heterocycles. The fourth-order valence-electron chi connectivity index (χ4n) is 1.04. The molecule has 15 heavy (non-hydrogen) atoms. The molecule has 2 heteroatoms. The first-order valence-electron chi connectivity index (χ1n) is 5.03. The maximum atomic E-state index is 11.6. The maximum absolute atomic E-state index is 11.6. The van der Waals surface area contributed by atoms with Crippen LogP contribution in [0.4, 0.5) is 0 Å². The van der Waals surface area contributed by atoms with Gasteiger partial charge in [0.05, 0.1) is 0 Å². The van der Waals surface area contributed by atoms with Crippen molar-refractivity contribution >= 4 is 5.91 Å². The monoisotopic (exact) mass is 203 g/mol. The van der Waals surface area contributed by atoms with E-state index >= 15 is 0 Å². The molecule has 1 N–H and O–H groups in total. The van der Waals surface area contributed by atoms with E-state index in [0.29, 0.717) is 5.56 Å². The lowest BCUT2D eigenvalue weighted by atomic mass is 9.97. The van der Waals surface area contributed by atoms with Gasteiger partial charge in [-0.25, -0.2) is 0 Å². The van der Waals surface area contributed by atoms with Gasteiger partial charge in [-0.1, -0.05) is 45.0 Å². The Morgan fingerprint density at radius 3 is 2.33 bits per heavy atom. The van der Waals surface area contributed by atoms with Crippen molar-refractivity contribution in [3.8, 4) is 0 Å². The van der Waals surface area contributed by atoms with E-state index < -0.39 is 0 Å². The van der Waals surface area contributed by atoms with Crippen molar-refractivity contribution in [2.24, 2.45) is 5.41 Å². The highest BCUT2D eigenvalue weighted by Gasteiger charge is 2.05. The average molecular weight is 203 g/mol. The summed E-state index contributed by atoms with van der Waals surface area (Å²) in [5.41, 5.74) is 0.764. The first-order chi connectivity index (χ1) is 6.99. The Kier molecular flexibility index (Phi) is 3.67. The Labute approximate surface area is 91.0 Å². The lowest BCUT2D eigenvalue weighted by molar-refractivity contribution is 0.0970. The SMILES string of the molecule is CC(C)(C)C=CNC(=O)c1ccccc1. The van der Waals surface area contributed by atoms with E-state index in [9.17, 15) is 4.79 Å². The van der Waals surface area contributed by atoms with E-state index in [1.807, 2.05) is 24.3 Å². The van der Waals surface area contributed by atoms with Gasteiger partial charge >= 0.3 is 0 Å². The van der Waals surface area contributed by atoms with Gasteiger partial charge in [-0.3, -0.25) is 4.79 Å². The van der Waals surface area contributed by atoms with E-state index in [2.05, 4.69) is 26.1 Å². The Balaban J connectivity index is 2.55. The van der Waals surface area contributed by atoms with Crippen LogP contribution >= 0.6 is 0 Å². The molecule has 1 rings (SSSR count). The molecule has 0 spiro atoms. The van der Waals surface area contributed by atoms with E-state index in [-0.39, 0.29) is 11.3 Å². The zero-order valence-electron chi connectivity index (χ0n) is 9.45. The Morgan fingerprint density at radius 2 is 1.80 bits per heavy atom. The Bertz CT molecular complexity index is 347.